The van der Waals surface area contributed by atoms with Gasteiger partial charge in [0, 0.05) is 10.7 Å². The minimum Gasteiger partial charge on any atom is -0.455 e. The first-order valence-electron chi connectivity index (χ1n) is 6.94. The van der Waals surface area contributed by atoms with E-state index in [2.05, 4.69) is 11.4 Å². The number of esters is 1. The third-order valence-corrected chi connectivity index (χ3v) is 3.66. The summed E-state index contributed by atoms with van der Waals surface area (Å²) in [7, 11) is 0. The van der Waals surface area contributed by atoms with Crippen molar-refractivity contribution < 1.29 is 14.3 Å². The average Bonchev–Trinajstić information content (AvgIpc) is 2.49. The first-order valence-corrected chi connectivity index (χ1v) is 7.31. The summed E-state index contributed by atoms with van der Waals surface area (Å²) in [5.41, 5.74) is 1.53. The maximum Gasteiger partial charge on any atom is 0.309 e. The highest BCUT2D eigenvalue weighted by Gasteiger charge is 2.21. The zero-order valence-electron chi connectivity index (χ0n) is 11.9. The van der Waals surface area contributed by atoms with Gasteiger partial charge in [0.25, 0.3) is 5.91 Å². The SMILES string of the molecule is Cc1ccc(Cl)cc1NC(=O)COC(=O)[C@H]1CC=CCC1. The van der Waals surface area contributed by atoms with Gasteiger partial charge in [0.05, 0.1) is 5.92 Å². The standard InChI is InChI=1S/C16H18ClNO3/c1-11-7-8-13(17)9-14(11)18-15(19)10-21-16(20)12-5-3-2-4-6-12/h2-3,7-9,12H,4-6,10H2,1H3,(H,18,19)/t12-/m0/s1. The molecule has 1 N–H and O–H groups in total. The van der Waals surface area contributed by atoms with Crippen molar-refractivity contribution in [2.24, 2.45) is 5.92 Å². The highest BCUT2D eigenvalue weighted by Crippen LogP contribution is 2.21. The fourth-order valence-corrected chi connectivity index (χ4v) is 2.35. The van der Waals surface area contributed by atoms with Gasteiger partial charge in [-0.25, -0.2) is 0 Å². The molecule has 1 amide bonds. The van der Waals surface area contributed by atoms with Crippen molar-refractivity contribution in [1.29, 1.82) is 0 Å². The molecule has 5 heteroatoms. The van der Waals surface area contributed by atoms with Crippen molar-refractivity contribution >= 4 is 29.2 Å². The second-order valence-corrected chi connectivity index (χ2v) is 5.53. The Bertz CT molecular complexity index is 569. The van der Waals surface area contributed by atoms with Crippen LogP contribution in [0.4, 0.5) is 5.69 Å². The Labute approximate surface area is 129 Å². The molecule has 0 aromatic heterocycles. The molecule has 1 aromatic carbocycles. The minimum absolute atomic E-state index is 0.129. The first-order chi connectivity index (χ1) is 10.1. The van der Waals surface area contributed by atoms with E-state index >= 15 is 0 Å². The van der Waals surface area contributed by atoms with Gasteiger partial charge >= 0.3 is 5.97 Å². The molecule has 1 atom stereocenters. The van der Waals surface area contributed by atoms with Gasteiger partial charge in [-0.05, 0) is 43.9 Å². The van der Waals surface area contributed by atoms with Gasteiger partial charge in [0.15, 0.2) is 6.61 Å². The van der Waals surface area contributed by atoms with E-state index in [4.69, 9.17) is 16.3 Å². The van der Waals surface area contributed by atoms with E-state index in [9.17, 15) is 9.59 Å². The number of hydrogen-bond acceptors (Lipinski definition) is 3. The van der Waals surface area contributed by atoms with Crippen molar-refractivity contribution in [1.82, 2.24) is 0 Å². The lowest BCUT2D eigenvalue weighted by Gasteiger charge is -2.16. The largest absolute Gasteiger partial charge is 0.455 e. The summed E-state index contributed by atoms with van der Waals surface area (Å²) < 4.78 is 5.07. The molecular weight excluding hydrogens is 290 g/mol. The van der Waals surface area contributed by atoms with Crippen molar-refractivity contribution in [2.45, 2.75) is 26.2 Å². The summed E-state index contributed by atoms with van der Waals surface area (Å²) in [5, 5.41) is 3.24. The second-order valence-electron chi connectivity index (χ2n) is 5.10. The van der Waals surface area contributed by atoms with E-state index in [0.717, 1.165) is 18.4 Å². The van der Waals surface area contributed by atoms with E-state index in [-0.39, 0.29) is 24.4 Å². The maximum atomic E-state index is 11.8. The normalized spacial score (nSPS) is 17.3. The number of carbonyl (C=O) groups is 2. The van der Waals surface area contributed by atoms with E-state index in [0.29, 0.717) is 17.1 Å². The molecule has 4 nitrogen and oxygen atoms in total. The number of aryl methyl sites for hydroxylation is 1. The Morgan fingerprint density at radius 1 is 1.38 bits per heavy atom. The van der Waals surface area contributed by atoms with Crippen LogP contribution in [0.5, 0.6) is 0 Å². The predicted molar refractivity (Wildman–Crippen MR) is 82.3 cm³/mol. The number of benzene rings is 1. The van der Waals surface area contributed by atoms with Crippen LogP contribution in [0.3, 0.4) is 0 Å². The van der Waals surface area contributed by atoms with E-state index in [1.807, 2.05) is 19.1 Å². The molecule has 1 aliphatic rings. The number of ether oxygens (including phenoxy) is 1. The van der Waals surface area contributed by atoms with Gasteiger partial charge in [0.1, 0.15) is 0 Å². The molecule has 0 unspecified atom stereocenters. The van der Waals surface area contributed by atoms with Gasteiger partial charge in [-0.1, -0.05) is 29.8 Å². The molecule has 21 heavy (non-hydrogen) atoms. The fraction of sp³-hybridized carbons (Fsp3) is 0.375. The number of nitrogens with one attached hydrogen (secondary N) is 1. The summed E-state index contributed by atoms with van der Waals surface area (Å²) in [6.07, 6.45) is 6.38. The number of halogens is 1. The Morgan fingerprint density at radius 2 is 2.19 bits per heavy atom. The molecule has 0 radical (unpaired) electrons. The lowest BCUT2D eigenvalue weighted by Crippen LogP contribution is -2.25. The van der Waals surface area contributed by atoms with Gasteiger partial charge in [-0.2, -0.15) is 0 Å². The van der Waals surface area contributed by atoms with Crippen LogP contribution in [-0.4, -0.2) is 18.5 Å². The third-order valence-electron chi connectivity index (χ3n) is 3.42. The quantitative estimate of drug-likeness (QED) is 0.684. The summed E-state index contributed by atoms with van der Waals surface area (Å²) in [5.74, 6) is -0.798. The van der Waals surface area contributed by atoms with Crippen molar-refractivity contribution in [3.8, 4) is 0 Å². The van der Waals surface area contributed by atoms with Crippen LogP contribution in [0.2, 0.25) is 5.02 Å². The zero-order chi connectivity index (χ0) is 15.2. The highest BCUT2D eigenvalue weighted by atomic mass is 35.5. The first kappa shape index (κ1) is 15.6. The van der Waals surface area contributed by atoms with Crippen LogP contribution in [-0.2, 0) is 14.3 Å². The number of carbonyl (C=O) groups excluding carboxylic acids is 2. The topological polar surface area (TPSA) is 55.4 Å². The van der Waals surface area contributed by atoms with Crippen LogP contribution >= 0.6 is 11.6 Å². The molecule has 0 fully saturated rings. The van der Waals surface area contributed by atoms with Crippen molar-refractivity contribution in [2.75, 3.05) is 11.9 Å². The fourth-order valence-electron chi connectivity index (χ4n) is 2.18. The molecule has 1 aliphatic carbocycles. The molecule has 0 aliphatic heterocycles. The summed E-state index contributed by atoms with van der Waals surface area (Å²) >= 11 is 5.89. The molecule has 0 spiro atoms. The highest BCUT2D eigenvalue weighted by molar-refractivity contribution is 6.31. The smallest absolute Gasteiger partial charge is 0.309 e. The summed E-state index contributed by atoms with van der Waals surface area (Å²) in [6, 6.07) is 5.24. The van der Waals surface area contributed by atoms with E-state index < -0.39 is 0 Å². The molecule has 1 aromatic rings. The Hall–Kier alpha value is -1.81. The van der Waals surface area contributed by atoms with E-state index in [1.54, 1.807) is 12.1 Å². The van der Waals surface area contributed by atoms with Crippen molar-refractivity contribution in [3.05, 3.63) is 40.9 Å². The van der Waals surface area contributed by atoms with Crippen molar-refractivity contribution in [3.63, 3.8) is 0 Å². The molecule has 0 heterocycles. The number of hydrogen-bond donors (Lipinski definition) is 1. The van der Waals surface area contributed by atoms with Crippen LogP contribution in [0.1, 0.15) is 24.8 Å². The zero-order valence-corrected chi connectivity index (χ0v) is 12.7. The van der Waals surface area contributed by atoms with Crippen LogP contribution < -0.4 is 5.32 Å². The molecule has 0 saturated heterocycles. The van der Waals surface area contributed by atoms with Crippen LogP contribution in [0, 0.1) is 12.8 Å². The Balaban J connectivity index is 1.83. The lowest BCUT2D eigenvalue weighted by atomic mass is 9.95. The van der Waals surface area contributed by atoms with Gasteiger partial charge in [-0.3, -0.25) is 9.59 Å². The van der Waals surface area contributed by atoms with Gasteiger partial charge < -0.3 is 10.1 Å². The van der Waals surface area contributed by atoms with Gasteiger partial charge in [-0.15, -0.1) is 0 Å². The number of allylic oxidation sites excluding steroid dienone is 2. The van der Waals surface area contributed by atoms with Gasteiger partial charge in [0.2, 0.25) is 0 Å². The van der Waals surface area contributed by atoms with Crippen LogP contribution in [0.25, 0.3) is 0 Å². The molecule has 0 saturated carbocycles. The van der Waals surface area contributed by atoms with Crippen LogP contribution in [0.15, 0.2) is 30.4 Å². The molecular formula is C16H18ClNO3. The molecule has 0 bridgehead atoms. The van der Waals surface area contributed by atoms with E-state index in [1.165, 1.54) is 0 Å². The summed E-state index contributed by atoms with van der Waals surface area (Å²) in [6.45, 7) is 1.59. The predicted octanol–water partition coefficient (Wildman–Crippen LogP) is 3.49. The third kappa shape index (κ3) is 4.60. The average molecular weight is 308 g/mol. The monoisotopic (exact) mass is 307 g/mol. The number of amides is 1. The Kier molecular flexibility index (Phi) is 5.39. The number of rotatable bonds is 4. The molecule has 2 rings (SSSR count). The minimum atomic E-state index is -0.361. The Morgan fingerprint density at radius 3 is 2.90 bits per heavy atom. The second kappa shape index (κ2) is 7.27. The maximum absolute atomic E-state index is 11.8. The molecule has 112 valence electrons. The summed E-state index contributed by atoms with van der Waals surface area (Å²) in [4.78, 5) is 23.6. The lowest BCUT2D eigenvalue weighted by molar-refractivity contribution is -0.151. The number of anilines is 1.